The van der Waals surface area contributed by atoms with Crippen LogP contribution in [0.2, 0.25) is 5.02 Å². The van der Waals surface area contributed by atoms with Gasteiger partial charge in [-0.05, 0) is 42.5 Å². The van der Waals surface area contributed by atoms with Crippen LogP contribution < -0.4 is 4.74 Å². The van der Waals surface area contributed by atoms with Gasteiger partial charge in [-0.25, -0.2) is 4.79 Å². The van der Waals surface area contributed by atoms with Gasteiger partial charge < -0.3 is 9.47 Å². The number of tetrazole rings is 1. The third-order valence-electron chi connectivity index (χ3n) is 3.92. The van der Waals surface area contributed by atoms with Crippen molar-refractivity contribution in [1.82, 2.24) is 20.2 Å². The number of carbonyl (C=O) groups is 1. The monoisotopic (exact) mass is 471 g/mol. The van der Waals surface area contributed by atoms with Gasteiger partial charge in [0, 0.05) is 6.07 Å². The van der Waals surface area contributed by atoms with E-state index in [1.807, 2.05) is 0 Å². The first kappa shape index (κ1) is 22.9. The smallest absolute Gasteiger partial charge is 0.416 e. The van der Waals surface area contributed by atoms with E-state index in [0.29, 0.717) is 6.07 Å². The lowest BCUT2D eigenvalue weighted by molar-refractivity contribution is -0.384. The number of alkyl halides is 3. The Morgan fingerprint density at radius 1 is 1.25 bits per heavy atom. The third kappa shape index (κ3) is 5.29. The van der Waals surface area contributed by atoms with E-state index in [-0.39, 0.29) is 46.7 Å². The van der Waals surface area contributed by atoms with Gasteiger partial charge in [0.15, 0.2) is 6.54 Å². The largest absolute Gasteiger partial charge is 0.465 e. The predicted octanol–water partition coefficient (Wildman–Crippen LogP) is 4.28. The topological polar surface area (TPSA) is 122 Å². The molecular weight excluding hydrogens is 459 g/mol. The van der Waals surface area contributed by atoms with Crippen molar-refractivity contribution >= 4 is 23.3 Å². The average molecular weight is 472 g/mol. The zero-order chi connectivity index (χ0) is 23.5. The van der Waals surface area contributed by atoms with Gasteiger partial charge in [0.2, 0.25) is 5.82 Å². The molecule has 0 unspecified atom stereocenters. The van der Waals surface area contributed by atoms with E-state index < -0.39 is 22.6 Å². The number of hydrogen-bond donors (Lipinski definition) is 0. The van der Waals surface area contributed by atoms with Crippen molar-refractivity contribution in [2.75, 3.05) is 6.61 Å². The Kier molecular flexibility index (Phi) is 6.58. The Balaban J connectivity index is 1.91. The SMILES string of the molecule is CCOC(=O)Cn1nnc(-c2cc(Oc3ccc(C(F)(F)F)cc3Cl)ccc2[N+](=O)[O-])n1. The highest BCUT2D eigenvalue weighted by Crippen LogP contribution is 2.38. The quantitative estimate of drug-likeness (QED) is 0.284. The Labute approximate surface area is 182 Å². The summed E-state index contributed by atoms with van der Waals surface area (Å²) >= 11 is 5.89. The Hall–Kier alpha value is -3.74. The molecule has 0 aliphatic carbocycles. The molecule has 1 heterocycles. The molecule has 10 nitrogen and oxygen atoms in total. The van der Waals surface area contributed by atoms with E-state index in [4.69, 9.17) is 21.1 Å². The number of halogens is 4. The highest BCUT2D eigenvalue weighted by Gasteiger charge is 2.31. The van der Waals surface area contributed by atoms with Crippen molar-refractivity contribution in [3.63, 3.8) is 0 Å². The number of carbonyl (C=O) groups excluding carboxylic acids is 1. The van der Waals surface area contributed by atoms with Gasteiger partial charge in [-0.1, -0.05) is 11.6 Å². The number of nitrogens with zero attached hydrogens (tertiary/aromatic N) is 5. The maximum absolute atomic E-state index is 12.8. The van der Waals surface area contributed by atoms with Crippen LogP contribution in [0, 0.1) is 10.1 Å². The molecular formula is C18H13ClF3N5O5. The second-order valence-electron chi connectivity index (χ2n) is 6.13. The molecule has 0 spiro atoms. The van der Waals surface area contributed by atoms with Gasteiger partial charge in [0.1, 0.15) is 17.1 Å². The van der Waals surface area contributed by atoms with Crippen molar-refractivity contribution < 1.29 is 32.4 Å². The molecule has 3 aromatic rings. The first-order valence-electron chi connectivity index (χ1n) is 8.85. The zero-order valence-corrected chi connectivity index (χ0v) is 16.9. The molecule has 1 aromatic heterocycles. The van der Waals surface area contributed by atoms with E-state index >= 15 is 0 Å². The van der Waals surface area contributed by atoms with E-state index in [2.05, 4.69) is 15.4 Å². The van der Waals surface area contributed by atoms with Gasteiger partial charge >= 0.3 is 12.1 Å². The van der Waals surface area contributed by atoms with Gasteiger partial charge in [-0.2, -0.15) is 18.0 Å². The van der Waals surface area contributed by atoms with Crippen LogP contribution in [0.5, 0.6) is 11.5 Å². The van der Waals surface area contributed by atoms with Crippen LogP contribution in [0.15, 0.2) is 36.4 Å². The lowest BCUT2D eigenvalue weighted by Crippen LogP contribution is -2.15. The Bertz CT molecular complexity index is 1170. The molecule has 3 rings (SSSR count). The highest BCUT2D eigenvalue weighted by molar-refractivity contribution is 6.32. The normalized spacial score (nSPS) is 11.3. The molecule has 0 saturated heterocycles. The number of rotatable bonds is 7. The van der Waals surface area contributed by atoms with Crippen LogP contribution >= 0.6 is 11.6 Å². The molecule has 168 valence electrons. The maximum atomic E-state index is 12.8. The molecule has 32 heavy (non-hydrogen) atoms. The maximum Gasteiger partial charge on any atom is 0.416 e. The summed E-state index contributed by atoms with van der Waals surface area (Å²) in [6.45, 7) is 1.42. The van der Waals surface area contributed by atoms with E-state index in [9.17, 15) is 28.1 Å². The lowest BCUT2D eigenvalue weighted by atomic mass is 10.1. The standard InChI is InChI=1S/C18H13ClF3N5O5/c1-2-31-16(28)9-26-24-17(23-25-26)12-8-11(4-5-14(12)27(29)30)32-15-6-3-10(7-13(15)19)18(20,21)22/h3-8H,2,9H2,1H3. The van der Waals surface area contributed by atoms with Gasteiger partial charge in [0.25, 0.3) is 5.69 Å². The van der Waals surface area contributed by atoms with Crippen LogP contribution in [-0.4, -0.2) is 37.7 Å². The first-order chi connectivity index (χ1) is 15.1. The molecule has 0 aliphatic heterocycles. The van der Waals surface area contributed by atoms with E-state index in [0.717, 1.165) is 23.0 Å². The number of aromatic nitrogens is 4. The van der Waals surface area contributed by atoms with E-state index in [1.54, 1.807) is 6.92 Å². The molecule has 0 fully saturated rings. The second kappa shape index (κ2) is 9.18. The first-order valence-corrected chi connectivity index (χ1v) is 9.23. The van der Waals surface area contributed by atoms with Crippen molar-refractivity contribution in [2.45, 2.75) is 19.6 Å². The van der Waals surface area contributed by atoms with Gasteiger partial charge in [0.05, 0.1) is 22.1 Å². The summed E-state index contributed by atoms with van der Waals surface area (Å²) < 4.78 is 48.7. The molecule has 0 saturated carbocycles. The predicted molar refractivity (Wildman–Crippen MR) is 103 cm³/mol. The lowest BCUT2D eigenvalue weighted by Gasteiger charge is -2.11. The minimum absolute atomic E-state index is 0.0222. The summed E-state index contributed by atoms with van der Waals surface area (Å²) in [7, 11) is 0. The molecule has 14 heteroatoms. The second-order valence-corrected chi connectivity index (χ2v) is 6.54. The van der Waals surface area contributed by atoms with Crippen molar-refractivity contribution in [1.29, 1.82) is 0 Å². The fraction of sp³-hybridized carbons (Fsp3) is 0.222. The Morgan fingerprint density at radius 2 is 2.00 bits per heavy atom. The molecule has 0 aliphatic rings. The fourth-order valence-electron chi connectivity index (χ4n) is 2.54. The number of nitro benzene ring substituents is 1. The molecule has 0 amide bonds. The van der Waals surface area contributed by atoms with Crippen LogP contribution in [0.1, 0.15) is 12.5 Å². The number of benzene rings is 2. The number of hydrogen-bond acceptors (Lipinski definition) is 8. The van der Waals surface area contributed by atoms with Crippen LogP contribution in [0.4, 0.5) is 18.9 Å². The fourth-order valence-corrected chi connectivity index (χ4v) is 2.76. The van der Waals surface area contributed by atoms with E-state index in [1.165, 1.54) is 12.1 Å². The number of ether oxygens (including phenoxy) is 2. The summed E-state index contributed by atoms with van der Waals surface area (Å²) in [6, 6.07) is 6.06. The minimum Gasteiger partial charge on any atom is -0.465 e. The highest BCUT2D eigenvalue weighted by atomic mass is 35.5. The average Bonchev–Trinajstić information content (AvgIpc) is 3.17. The number of nitro groups is 1. The molecule has 0 atom stereocenters. The molecule has 0 radical (unpaired) electrons. The van der Waals surface area contributed by atoms with Crippen LogP contribution in [0.25, 0.3) is 11.4 Å². The number of esters is 1. The molecule has 0 N–H and O–H groups in total. The summed E-state index contributed by atoms with van der Waals surface area (Å²) in [4.78, 5) is 23.2. The zero-order valence-electron chi connectivity index (χ0n) is 16.2. The summed E-state index contributed by atoms with van der Waals surface area (Å²) in [5, 5.41) is 22.4. The van der Waals surface area contributed by atoms with Crippen LogP contribution in [-0.2, 0) is 22.3 Å². The van der Waals surface area contributed by atoms with Gasteiger partial charge in [-0.3, -0.25) is 10.1 Å². The van der Waals surface area contributed by atoms with Crippen molar-refractivity contribution in [2.24, 2.45) is 0 Å². The van der Waals surface area contributed by atoms with Gasteiger partial charge in [-0.15, -0.1) is 10.2 Å². The van der Waals surface area contributed by atoms with Crippen molar-refractivity contribution in [3.8, 4) is 22.9 Å². The summed E-state index contributed by atoms with van der Waals surface area (Å²) in [5.41, 5.74) is -1.43. The Morgan fingerprint density at radius 3 is 2.62 bits per heavy atom. The molecule has 0 bridgehead atoms. The summed E-state index contributed by atoms with van der Waals surface area (Å²) in [5.74, 6) is -0.877. The third-order valence-corrected chi connectivity index (χ3v) is 4.22. The summed E-state index contributed by atoms with van der Waals surface area (Å²) in [6.07, 6.45) is -4.58. The van der Waals surface area contributed by atoms with Crippen LogP contribution in [0.3, 0.4) is 0 Å². The minimum atomic E-state index is -4.58. The van der Waals surface area contributed by atoms with Crippen molar-refractivity contribution in [3.05, 3.63) is 57.1 Å². The molecule has 2 aromatic carbocycles.